The van der Waals surface area contributed by atoms with Crippen molar-refractivity contribution in [3.05, 3.63) is 58.1 Å². The van der Waals surface area contributed by atoms with Crippen LogP contribution in [0.1, 0.15) is 27.9 Å². The van der Waals surface area contributed by atoms with Gasteiger partial charge in [-0.1, -0.05) is 23.7 Å². The summed E-state index contributed by atoms with van der Waals surface area (Å²) < 4.78 is 24.9. The largest absolute Gasteiger partial charge is 0.322 e. The Kier molecular flexibility index (Phi) is 4.77. The molecule has 0 atom stereocenters. The number of amides is 2. The van der Waals surface area contributed by atoms with Crippen LogP contribution < -0.4 is 9.62 Å². The lowest BCUT2D eigenvalue weighted by Gasteiger charge is -2.17. The number of nitrogens with one attached hydrogen (secondary N) is 1. The fourth-order valence-electron chi connectivity index (χ4n) is 2.76. The maximum Gasteiger partial charge on any atom is 0.257 e. The summed E-state index contributed by atoms with van der Waals surface area (Å²) in [5.41, 5.74) is 2.80. The first-order chi connectivity index (χ1) is 12.2. The summed E-state index contributed by atoms with van der Waals surface area (Å²) in [4.78, 5) is 24.6. The second-order valence-corrected chi connectivity index (χ2v) is 8.43. The van der Waals surface area contributed by atoms with E-state index < -0.39 is 21.8 Å². The van der Waals surface area contributed by atoms with Crippen LogP contribution in [0.25, 0.3) is 0 Å². The molecule has 2 amide bonds. The molecule has 1 fully saturated rings. The molecule has 136 valence electrons. The van der Waals surface area contributed by atoms with Gasteiger partial charge in [-0.05, 0) is 49.2 Å². The number of benzene rings is 2. The van der Waals surface area contributed by atoms with Crippen molar-refractivity contribution in [2.45, 2.75) is 20.3 Å². The number of anilines is 2. The van der Waals surface area contributed by atoms with Crippen LogP contribution in [0.5, 0.6) is 0 Å². The Labute approximate surface area is 156 Å². The van der Waals surface area contributed by atoms with Gasteiger partial charge in [-0.2, -0.15) is 0 Å². The number of rotatable bonds is 3. The van der Waals surface area contributed by atoms with Crippen LogP contribution in [0, 0.1) is 13.8 Å². The van der Waals surface area contributed by atoms with E-state index in [1.54, 1.807) is 6.07 Å². The zero-order valence-corrected chi connectivity index (χ0v) is 15.8. The van der Waals surface area contributed by atoms with Gasteiger partial charge < -0.3 is 5.32 Å². The maximum absolute atomic E-state index is 12.7. The Morgan fingerprint density at radius 1 is 1.19 bits per heavy atom. The third kappa shape index (κ3) is 3.32. The average molecular weight is 393 g/mol. The summed E-state index contributed by atoms with van der Waals surface area (Å²) in [6.45, 7) is 3.82. The highest BCUT2D eigenvalue weighted by Crippen LogP contribution is 2.30. The van der Waals surface area contributed by atoms with Gasteiger partial charge in [-0.15, -0.1) is 0 Å². The summed E-state index contributed by atoms with van der Waals surface area (Å²) in [6.07, 6.45) is -0.0744. The molecule has 1 heterocycles. The summed E-state index contributed by atoms with van der Waals surface area (Å²) in [7, 11) is -3.71. The molecule has 1 aliphatic heterocycles. The van der Waals surface area contributed by atoms with Crippen molar-refractivity contribution in [2.24, 2.45) is 0 Å². The van der Waals surface area contributed by atoms with Crippen molar-refractivity contribution >= 4 is 44.8 Å². The van der Waals surface area contributed by atoms with E-state index in [-0.39, 0.29) is 28.4 Å². The first-order valence-electron chi connectivity index (χ1n) is 7.93. The highest BCUT2D eigenvalue weighted by molar-refractivity contribution is 7.94. The normalized spacial score (nSPS) is 16.0. The molecule has 2 aromatic rings. The van der Waals surface area contributed by atoms with E-state index in [0.717, 1.165) is 15.4 Å². The van der Waals surface area contributed by atoms with Crippen LogP contribution in [0.15, 0.2) is 36.4 Å². The zero-order chi connectivity index (χ0) is 19.1. The lowest BCUT2D eigenvalue weighted by Crippen LogP contribution is -2.29. The lowest BCUT2D eigenvalue weighted by molar-refractivity contribution is -0.116. The minimum Gasteiger partial charge on any atom is -0.322 e. The molecule has 2 aromatic carbocycles. The van der Waals surface area contributed by atoms with E-state index >= 15 is 0 Å². The number of carbonyl (C=O) groups is 2. The molecule has 0 spiro atoms. The first kappa shape index (κ1) is 18.4. The van der Waals surface area contributed by atoms with Crippen LogP contribution in [0.4, 0.5) is 11.4 Å². The minimum absolute atomic E-state index is 0.0744. The van der Waals surface area contributed by atoms with Crippen LogP contribution in [-0.2, 0) is 14.8 Å². The van der Waals surface area contributed by atoms with Crippen molar-refractivity contribution in [2.75, 3.05) is 15.4 Å². The van der Waals surface area contributed by atoms with Crippen LogP contribution in [-0.4, -0.2) is 26.0 Å². The van der Waals surface area contributed by atoms with Crippen molar-refractivity contribution in [3.63, 3.8) is 0 Å². The molecule has 0 unspecified atom stereocenters. The number of hydrogen-bond acceptors (Lipinski definition) is 4. The number of halogens is 1. The average Bonchev–Trinajstić information content (AvgIpc) is 2.85. The molecule has 0 aliphatic carbocycles. The summed E-state index contributed by atoms with van der Waals surface area (Å²) in [6, 6.07) is 9.68. The van der Waals surface area contributed by atoms with Gasteiger partial charge in [-0.3, -0.25) is 9.59 Å². The molecule has 1 aliphatic rings. The predicted octanol–water partition coefficient (Wildman–Crippen LogP) is 3.28. The Morgan fingerprint density at radius 3 is 2.58 bits per heavy atom. The molecule has 0 radical (unpaired) electrons. The maximum atomic E-state index is 12.7. The van der Waals surface area contributed by atoms with Crippen LogP contribution >= 0.6 is 11.6 Å². The molecule has 0 saturated carbocycles. The standard InChI is InChI=1S/C18H17ClN2O4S/c1-11-4-3-5-16(12(11)2)20-18(23)14-10-13(6-7-15(14)19)21-17(22)8-9-26(21,24)25/h3-7,10H,8-9H2,1-2H3,(H,20,23). The fraction of sp³-hybridized carbons (Fsp3) is 0.222. The van der Waals surface area contributed by atoms with Crippen LogP contribution in [0.2, 0.25) is 5.02 Å². The molecule has 0 bridgehead atoms. The molecular weight excluding hydrogens is 376 g/mol. The Balaban J connectivity index is 1.97. The van der Waals surface area contributed by atoms with Crippen molar-refractivity contribution in [3.8, 4) is 0 Å². The predicted molar refractivity (Wildman–Crippen MR) is 101 cm³/mol. The summed E-state index contributed by atoms with van der Waals surface area (Å²) in [5, 5.41) is 2.95. The number of aryl methyl sites for hydroxylation is 1. The van der Waals surface area contributed by atoms with Gasteiger partial charge in [0.15, 0.2) is 0 Å². The topological polar surface area (TPSA) is 83.6 Å². The third-order valence-electron chi connectivity index (χ3n) is 4.36. The smallest absolute Gasteiger partial charge is 0.257 e. The Morgan fingerprint density at radius 2 is 1.92 bits per heavy atom. The highest BCUT2D eigenvalue weighted by Gasteiger charge is 2.36. The van der Waals surface area contributed by atoms with Crippen molar-refractivity contribution in [1.29, 1.82) is 0 Å². The van der Waals surface area contributed by atoms with E-state index in [1.807, 2.05) is 26.0 Å². The second-order valence-electron chi connectivity index (χ2n) is 6.09. The fourth-order valence-corrected chi connectivity index (χ4v) is 4.41. The zero-order valence-electron chi connectivity index (χ0n) is 14.2. The minimum atomic E-state index is -3.71. The molecule has 6 nitrogen and oxygen atoms in total. The quantitative estimate of drug-likeness (QED) is 0.868. The van der Waals surface area contributed by atoms with E-state index in [2.05, 4.69) is 5.32 Å². The van der Waals surface area contributed by atoms with E-state index in [1.165, 1.54) is 18.2 Å². The third-order valence-corrected chi connectivity index (χ3v) is 6.38. The summed E-state index contributed by atoms with van der Waals surface area (Å²) in [5.74, 6) is -1.24. The van der Waals surface area contributed by atoms with E-state index in [0.29, 0.717) is 5.69 Å². The summed E-state index contributed by atoms with van der Waals surface area (Å²) >= 11 is 6.13. The van der Waals surface area contributed by atoms with Gasteiger partial charge in [0.2, 0.25) is 15.9 Å². The molecule has 1 saturated heterocycles. The number of sulfonamides is 1. The number of nitrogens with zero attached hydrogens (tertiary/aromatic N) is 1. The molecule has 1 N–H and O–H groups in total. The van der Waals surface area contributed by atoms with Crippen molar-refractivity contribution < 1.29 is 18.0 Å². The van der Waals surface area contributed by atoms with E-state index in [9.17, 15) is 18.0 Å². The van der Waals surface area contributed by atoms with Gasteiger partial charge in [0.25, 0.3) is 5.91 Å². The Hall–Kier alpha value is -2.38. The van der Waals surface area contributed by atoms with Crippen molar-refractivity contribution in [1.82, 2.24) is 0 Å². The lowest BCUT2D eigenvalue weighted by atomic mass is 10.1. The molecular formula is C18H17ClN2O4S. The van der Waals surface area contributed by atoms with Crippen LogP contribution in [0.3, 0.4) is 0 Å². The first-order valence-corrected chi connectivity index (χ1v) is 9.92. The SMILES string of the molecule is Cc1cccc(NC(=O)c2cc(N3C(=O)CCS3(=O)=O)ccc2Cl)c1C. The molecule has 0 aromatic heterocycles. The Bertz CT molecular complexity index is 1020. The highest BCUT2D eigenvalue weighted by atomic mass is 35.5. The van der Waals surface area contributed by atoms with E-state index in [4.69, 9.17) is 11.6 Å². The molecule has 3 rings (SSSR count). The molecule has 26 heavy (non-hydrogen) atoms. The van der Waals surface area contributed by atoms with Gasteiger partial charge in [-0.25, -0.2) is 12.7 Å². The van der Waals surface area contributed by atoms with Gasteiger partial charge in [0.1, 0.15) is 0 Å². The number of carbonyl (C=O) groups excluding carboxylic acids is 2. The number of hydrogen-bond donors (Lipinski definition) is 1. The van der Waals surface area contributed by atoms with Gasteiger partial charge in [0, 0.05) is 12.1 Å². The van der Waals surface area contributed by atoms with Gasteiger partial charge >= 0.3 is 0 Å². The monoisotopic (exact) mass is 392 g/mol. The molecule has 8 heteroatoms. The van der Waals surface area contributed by atoms with Gasteiger partial charge in [0.05, 0.1) is 22.0 Å². The second kappa shape index (κ2) is 6.74.